The Kier molecular flexibility index (Phi) is 5.14. The second-order valence-corrected chi connectivity index (χ2v) is 6.90. The molecule has 0 amide bonds. The van der Waals surface area contributed by atoms with E-state index in [9.17, 15) is 9.18 Å². The van der Waals surface area contributed by atoms with E-state index < -0.39 is 11.8 Å². The summed E-state index contributed by atoms with van der Waals surface area (Å²) < 4.78 is 25.2. The monoisotopic (exact) mass is 388 g/mol. The van der Waals surface area contributed by atoms with E-state index in [1.54, 1.807) is 18.2 Å². The number of carboxylic acids is 1. The molecule has 2 heterocycles. The topological polar surface area (TPSA) is 106 Å². The highest BCUT2D eigenvalue weighted by Gasteiger charge is 2.26. The highest BCUT2D eigenvalue weighted by Crippen LogP contribution is 2.33. The number of nitrogens with zero attached hydrogens (tertiary/aromatic N) is 2. The SMILES string of the molecule is O=C(O)C1CCC(Nc2nc(Nc3ccc4c(c3)OCCO4)ncc2F)CC1. The molecule has 2 aromatic rings. The fourth-order valence-electron chi connectivity index (χ4n) is 3.46. The summed E-state index contributed by atoms with van der Waals surface area (Å²) >= 11 is 0. The second-order valence-electron chi connectivity index (χ2n) is 6.90. The minimum Gasteiger partial charge on any atom is -0.486 e. The van der Waals surface area contributed by atoms with Crippen LogP contribution in [0.5, 0.6) is 11.5 Å². The zero-order valence-electron chi connectivity index (χ0n) is 15.2. The number of fused-ring (bicyclic) bond motifs is 1. The van der Waals surface area contributed by atoms with Gasteiger partial charge in [0.15, 0.2) is 23.1 Å². The van der Waals surface area contributed by atoms with E-state index in [0.717, 1.165) is 6.20 Å². The summed E-state index contributed by atoms with van der Waals surface area (Å²) in [4.78, 5) is 19.3. The maximum absolute atomic E-state index is 14.1. The van der Waals surface area contributed by atoms with E-state index in [1.807, 2.05) is 0 Å². The van der Waals surface area contributed by atoms with Crippen LogP contribution in [0.4, 0.5) is 21.8 Å². The molecular weight excluding hydrogens is 367 g/mol. The molecule has 1 saturated carbocycles. The summed E-state index contributed by atoms with van der Waals surface area (Å²) in [5.41, 5.74) is 0.698. The predicted octanol–water partition coefficient (Wildman–Crippen LogP) is 3.19. The van der Waals surface area contributed by atoms with E-state index in [0.29, 0.717) is 56.1 Å². The number of carbonyl (C=O) groups is 1. The van der Waals surface area contributed by atoms with Gasteiger partial charge in [-0.25, -0.2) is 9.37 Å². The van der Waals surface area contributed by atoms with Gasteiger partial charge in [0.05, 0.1) is 12.1 Å². The number of nitrogens with one attached hydrogen (secondary N) is 2. The van der Waals surface area contributed by atoms with Crippen LogP contribution in [0, 0.1) is 11.7 Å². The lowest BCUT2D eigenvalue weighted by Gasteiger charge is -2.27. The first kappa shape index (κ1) is 18.3. The molecule has 4 rings (SSSR count). The molecular formula is C19H21FN4O4. The van der Waals surface area contributed by atoms with E-state index >= 15 is 0 Å². The van der Waals surface area contributed by atoms with E-state index in [1.165, 1.54) is 0 Å². The molecule has 2 aliphatic rings. The number of anilines is 3. The Bertz CT molecular complexity index is 871. The van der Waals surface area contributed by atoms with Crippen molar-refractivity contribution in [2.45, 2.75) is 31.7 Å². The summed E-state index contributed by atoms with van der Waals surface area (Å²) in [7, 11) is 0. The number of hydrogen-bond acceptors (Lipinski definition) is 7. The van der Waals surface area contributed by atoms with Crippen LogP contribution in [-0.2, 0) is 4.79 Å². The van der Waals surface area contributed by atoms with Crippen LogP contribution < -0.4 is 20.1 Å². The molecule has 3 N–H and O–H groups in total. The summed E-state index contributed by atoms with van der Waals surface area (Å²) in [6.07, 6.45) is 3.57. The highest BCUT2D eigenvalue weighted by molar-refractivity contribution is 5.70. The van der Waals surface area contributed by atoms with E-state index in [2.05, 4.69) is 20.6 Å². The van der Waals surface area contributed by atoms with Gasteiger partial charge in [0.2, 0.25) is 5.95 Å². The Morgan fingerprint density at radius 2 is 1.89 bits per heavy atom. The number of aliphatic carboxylic acids is 1. The summed E-state index contributed by atoms with van der Waals surface area (Å²) in [5.74, 6) is 0.0306. The first-order valence-electron chi connectivity index (χ1n) is 9.27. The number of hydrogen-bond donors (Lipinski definition) is 3. The van der Waals surface area contributed by atoms with E-state index in [-0.39, 0.29) is 23.7 Å². The largest absolute Gasteiger partial charge is 0.486 e. The minimum absolute atomic E-state index is 0.0119. The van der Waals surface area contributed by atoms with Crippen molar-refractivity contribution in [3.05, 3.63) is 30.2 Å². The molecule has 8 nitrogen and oxygen atoms in total. The molecule has 1 aromatic carbocycles. The molecule has 148 valence electrons. The number of halogens is 1. The van der Waals surface area contributed by atoms with Crippen LogP contribution in [0.3, 0.4) is 0 Å². The number of ether oxygens (including phenoxy) is 2. The molecule has 1 aromatic heterocycles. The van der Waals surface area contributed by atoms with Crippen LogP contribution in [0.2, 0.25) is 0 Å². The zero-order chi connectivity index (χ0) is 19.5. The van der Waals surface area contributed by atoms with Gasteiger partial charge in [0.25, 0.3) is 0 Å². The quantitative estimate of drug-likeness (QED) is 0.717. The molecule has 28 heavy (non-hydrogen) atoms. The smallest absolute Gasteiger partial charge is 0.306 e. The average Bonchev–Trinajstić information content (AvgIpc) is 2.71. The maximum atomic E-state index is 14.1. The molecule has 0 bridgehead atoms. The van der Waals surface area contributed by atoms with Crippen LogP contribution in [0.1, 0.15) is 25.7 Å². The lowest BCUT2D eigenvalue weighted by molar-refractivity contribution is -0.142. The van der Waals surface area contributed by atoms with Gasteiger partial charge in [-0.05, 0) is 37.8 Å². The Balaban J connectivity index is 1.43. The lowest BCUT2D eigenvalue weighted by Crippen LogP contribution is -2.30. The Labute approximate surface area is 161 Å². The molecule has 0 radical (unpaired) electrons. The first-order chi connectivity index (χ1) is 13.6. The zero-order valence-corrected chi connectivity index (χ0v) is 15.2. The van der Waals surface area contributed by atoms with Gasteiger partial charge in [-0.1, -0.05) is 0 Å². The van der Waals surface area contributed by atoms with Crippen LogP contribution >= 0.6 is 0 Å². The predicted molar refractivity (Wildman–Crippen MR) is 99.7 cm³/mol. The Morgan fingerprint density at radius 1 is 1.14 bits per heavy atom. The minimum atomic E-state index is -0.766. The molecule has 0 spiro atoms. The summed E-state index contributed by atoms with van der Waals surface area (Å²) in [5, 5.41) is 15.2. The summed E-state index contributed by atoms with van der Waals surface area (Å²) in [6.45, 7) is 1.01. The van der Waals surface area contributed by atoms with Gasteiger partial charge >= 0.3 is 5.97 Å². The fraction of sp³-hybridized carbons (Fsp3) is 0.421. The summed E-state index contributed by atoms with van der Waals surface area (Å²) in [6, 6.07) is 5.37. The average molecular weight is 388 g/mol. The fourth-order valence-corrected chi connectivity index (χ4v) is 3.46. The van der Waals surface area contributed by atoms with Gasteiger partial charge in [0, 0.05) is 17.8 Å². The number of rotatable bonds is 5. The van der Waals surface area contributed by atoms with Crippen molar-refractivity contribution >= 4 is 23.4 Å². The third-order valence-electron chi connectivity index (χ3n) is 4.96. The molecule has 0 atom stereocenters. The number of benzene rings is 1. The number of carboxylic acid groups (broad SMARTS) is 1. The second kappa shape index (κ2) is 7.87. The van der Waals surface area contributed by atoms with Gasteiger partial charge in [-0.15, -0.1) is 0 Å². The molecule has 1 aliphatic heterocycles. The molecule has 1 aliphatic carbocycles. The molecule has 1 fully saturated rings. The van der Waals surface area contributed by atoms with Crippen molar-refractivity contribution in [2.75, 3.05) is 23.8 Å². The standard InChI is InChI=1S/C19H21FN4O4/c20-14-10-21-19(23-13-5-6-15-16(9-13)28-8-7-27-15)24-17(14)22-12-3-1-11(2-4-12)18(25)26/h5-6,9-12H,1-4,7-8H2,(H,25,26)(H2,21,22,23,24). The van der Waals surface area contributed by atoms with E-state index in [4.69, 9.17) is 14.6 Å². The van der Waals surface area contributed by atoms with Crippen LogP contribution in [-0.4, -0.2) is 40.3 Å². The Hall–Kier alpha value is -3.10. The first-order valence-corrected chi connectivity index (χ1v) is 9.27. The maximum Gasteiger partial charge on any atom is 0.306 e. The third kappa shape index (κ3) is 4.08. The van der Waals surface area contributed by atoms with Gasteiger partial charge in [0.1, 0.15) is 13.2 Å². The van der Waals surface area contributed by atoms with Crippen molar-refractivity contribution in [1.82, 2.24) is 9.97 Å². The molecule has 9 heteroatoms. The van der Waals surface area contributed by atoms with Gasteiger partial charge in [-0.3, -0.25) is 4.79 Å². The van der Waals surface area contributed by atoms with Gasteiger partial charge < -0.3 is 25.2 Å². The van der Waals surface area contributed by atoms with Crippen molar-refractivity contribution in [3.63, 3.8) is 0 Å². The lowest BCUT2D eigenvalue weighted by atomic mass is 9.86. The van der Waals surface area contributed by atoms with Gasteiger partial charge in [-0.2, -0.15) is 4.98 Å². The molecule has 0 saturated heterocycles. The Morgan fingerprint density at radius 3 is 2.64 bits per heavy atom. The van der Waals surface area contributed by atoms with Crippen molar-refractivity contribution in [2.24, 2.45) is 5.92 Å². The molecule has 0 unspecified atom stereocenters. The third-order valence-corrected chi connectivity index (χ3v) is 4.96. The van der Waals surface area contributed by atoms with Crippen molar-refractivity contribution < 1.29 is 23.8 Å². The van der Waals surface area contributed by atoms with Crippen LogP contribution in [0.25, 0.3) is 0 Å². The number of aromatic nitrogens is 2. The van der Waals surface area contributed by atoms with Crippen molar-refractivity contribution in [1.29, 1.82) is 0 Å². The normalized spacial score (nSPS) is 21.0. The van der Waals surface area contributed by atoms with Crippen molar-refractivity contribution in [3.8, 4) is 11.5 Å². The highest BCUT2D eigenvalue weighted by atomic mass is 19.1. The van der Waals surface area contributed by atoms with Crippen LogP contribution in [0.15, 0.2) is 24.4 Å².